The van der Waals surface area contributed by atoms with E-state index in [-0.39, 0.29) is 46.7 Å². The van der Waals surface area contributed by atoms with Crippen LogP contribution in [-0.4, -0.2) is 35.3 Å². The molecular weight excluding hydrogens is 537 g/mol. The fourth-order valence-electron chi connectivity index (χ4n) is 3.51. The minimum atomic E-state index is -3.67. The molecule has 1 amide bonds. The van der Waals surface area contributed by atoms with Crippen LogP contribution in [0.5, 0.6) is 5.75 Å². The third-order valence-corrected chi connectivity index (χ3v) is 6.76. The minimum Gasteiger partial charge on any atom is -0.487 e. The molecule has 2 aromatic carbocycles. The number of alkyl halides is 2. The van der Waals surface area contributed by atoms with Crippen molar-refractivity contribution in [2.45, 2.75) is 20.0 Å². The number of nitrogens with two attached hydrogens (primary N) is 1. The lowest BCUT2D eigenvalue weighted by atomic mass is 10.1. The SMILES string of the molecule is CCS(=O)(=O)Nc1ccc(-c2n[nH]c(Nc3cccc(C(F)F)n3)c2C(N)=O)cc1OCc1ccc(F)cc1. The van der Waals surface area contributed by atoms with E-state index in [1.54, 1.807) is 0 Å². The number of nitrogens with one attached hydrogen (secondary N) is 3. The maximum absolute atomic E-state index is 13.3. The smallest absolute Gasteiger partial charge is 0.280 e. The van der Waals surface area contributed by atoms with Crippen molar-refractivity contribution in [2.75, 3.05) is 15.8 Å². The van der Waals surface area contributed by atoms with Crippen LogP contribution in [0.3, 0.4) is 0 Å². The zero-order valence-corrected chi connectivity index (χ0v) is 21.2. The minimum absolute atomic E-state index is 0.0148. The van der Waals surface area contributed by atoms with Gasteiger partial charge >= 0.3 is 0 Å². The summed E-state index contributed by atoms with van der Waals surface area (Å²) in [4.78, 5) is 16.2. The van der Waals surface area contributed by atoms with Crippen molar-refractivity contribution in [3.05, 3.63) is 83.3 Å². The Labute approximate surface area is 221 Å². The molecule has 0 fully saturated rings. The number of aromatic amines is 1. The predicted molar refractivity (Wildman–Crippen MR) is 139 cm³/mol. The van der Waals surface area contributed by atoms with Crippen LogP contribution in [0, 0.1) is 5.82 Å². The number of carbonyl (C=O) groups is 1. The van der Waals surface area contributed by atoms with Crippen molar-refractivity contribution in [1.29, 1.82) is 0 Å². The maximum Gasteiger partial charge on any atom is 0.280 e. The molecule has 204 valence electrons. The molecule has 14 heteroatoms. The first-order valence-electron chi connectivity index (χ1n) is 11.5. The molecule has 0 spiro atoms. The van der Waals surface area contributed by atoms with Crippen molar-refractivity contribution < 1.29 is 31.1 Å². The van der Waals surface area contributed by atoms with Crippen molar-refractivity contribution >= 4 is 33.3 Å². The van der Waals surface area contributed by atoms with Gasteiger partial charge in [-0.1, -0.05) is 24.3 Å². The van der Waals surface area contributed by atoms with Gasteiger partial charge in [-0.05, 0) is 48.9 Å². The van der Waals surface area contributed by atoms with Gasteiger partial charge in [-0.3, -0.25) is 14.6 Å². The summed E-state index contributed by atoms with van der Waals surface area (Å²) in [5, 5.41) is 9.51. The number of benzene rings is 2. The van der Waals surface area contributed by atoms with E-state index >= 15 is 0 Å². The number of halogens is 3. The van der Waals surface area contributed by atoms with Crippen LogP contribution in [0.25, 0.3) is 11.3 Å². The second kappa shape index (κ2) is 11.4. The number of anilines is 3. The summed E-state index contributed by atoms with van der Waals surface area (Å²) in [6, 6.07) is 13.9. The standard InChI is InChI=1S/C25H23F3N6O4S/c1-2-39(36,37)34-17-11-8-15(12-19(17)38-13-14-6-9-16(26)10-7-14)22-21(24(29)35)25(33-32-22)31-20-5-3-4-18(30-20)23(27)28/h3-12,23,34H,2,13H2,1H3,(H2,29,35)(H2,30,31,32,33). The number of carbonyl (C=O) groups excluding carboxylic acids is 1. The summed E-state index contributed by atoms with van der Waals surface area (Å²) < 4.78 is 72.1. The number of hydrogen-bond acceptors (Lipinski definition) is 7. The van der Waals surface area contributed by atoms with Crippen molar-refractivity contribution in [1.82, 2.24) is 15.2 Å². The molecule has 0 atom stereocenters. The van der Waals surface area contributed by atoms with E-state index in [9.17, 15) is 26.4 Å². The second-order valence-corrected chi connectivity index (χ2v) is 10.2. The number of hydrogen-bond donors (Lipinski definition) is 4. The topological polar surface area (TPSA) is 152 Å². The summed E-state index contributed by atoms with van der Waals surface area (Å²) >= 11 is 0. The van der Waals surface area contributed by atoms with Gasteiger partial charge in [0, 0.05) is 5.56 Å². The Morgan fingerprint density at radius 1 is 1.13 bits per heavy atom. The molecule has 2 aromatic heterocycles. The molecule has 0 aliphatic heterocycles. The second-order valence-electron chi connectivity index (χ2n) is 8.19. The largest absolute Gasteiger partial charge is 0.487 e. The number of ether oxygens (including phenoxy) is 1. The van der Waals surface area contributed by atoms with Gasteiger partial charge in [0.1, 0.15) is 46.8 Å². The highest BCUT2D eigenvalue weighted by Crippen LogP contribution is 2.35. The molecular formula is C25H23F3N6O4S. The van der Waals surface area contributed by atoms with Crippen LogP contribution in [0.1, 0.15) is 35.0 Å². The molecule has 0 saturated carbocycles. The summed E-state index contributed by atoms with van der Waals surface area (Å²) in [6.45, 7) is 1.45. The van der Waals surface area contributed by atoms with E-state index in [0.29, 0.717) is 11.1 Å². The van der Waals surface area contributed by atoms with E-state index in [1.807, 2.05) is 0 Å². The molecule has 39 heavy (non-hydrogen) atoms. The predicted octanol–water partition coefficient (Wildman–Crippen LogP) is 4.73. The molecule has 4 aromatic rings. The van der Waals surface area contributed by atoms with Crippen molar-refractivity contribution in [2.24, 2.45) is 5.73 Å². The first kappa shape index (κ1) is 27.4. The maximum atomic E-state index is 13.3. The van der Waals surface area contributed by atoms with Crippen molar-refractivity contribution in [3.63, 3.8) is 0 Å². The van der Waals surface area contributed by atoms with Crippen LogP contribution in [-0.2, 0) is 16.6 Å². The highest BCUT2D eigenvalue weighted by Gasteiger charge is 2.22. The number of sulfonamides is 1. The number of pyridine rings is 1. The monoisotopic (exact) mass is 560 g/mol. The first-order chi connectivity index (χ1) is 18.6. The number of rotatable bonds is 11. The third kappa shape index (κ3) is 6.65. The van der Waals surface area contributed by atoms with Crippen LogP contribution in [0.15, 0.2) is 60.7 Å². The van der Waals surface area contributed by atoms with Gasteiger partial charge in [-0.2, -0.15) is 5.10 Å². The van der Waals surface area contributed by atoms with Gasteiger partial charge in [0.15, 0.2) is 0 Å². The summed E-state index contributed by atoms with van der Waals surface area (Å²) in [5.41, 5.74) is 6.22. The van der Waals surface area contributed by atoms with Gasteiger partial charge in [-0.15, -0.1) is 0 Å². The average Bonchev–Trinajstić information content (AvgIpc) is 3.32. The van der Waals surface area contributed by atoms with E-state index in [1.165, 1.54) is 61.5 Å². The molecule has 0 saturated heterocycles. The molecule has 0 bridgehead atoms. The summed E-state index contributed by atoms with van der Waals surface area (Å²) in [5.74, 6) is -1.34. The lowest BCUT2D eigenvalue weighted by Gasteiger charge is -2.15. The molecule has 0 aliphatic carbocycles. The van der Waals surface area contributed by atoms with Gasteiger partial charge < -0.3 is 15.8 Å². The normalized spacial score (nSPS) is 11.4. The molecule has 0 unspecified atom stereocenters. The van der Waals surface area contributed by atoms with Crippen LogP contribution >= 0.6 is 0 Å². The van der Waals surface area contributed by atoms with Crippen LogP contribution in [0.4, 0.5) is 30.5 Å². The van der Waals surface area contributed by atoms with Gasteiger partial charge in [0.25, 0.3) is 12.3 Å². The number of nitrogens with zero attached hydrogens (tertiary/aromatic N) is 2. The van der Waals surface area contributed by atoms with E-state index in [0.717, 1.165) is 6.07 Å². The van der Waals surface area contributed by atoms with Crippen LogP contribution in [0.2, 0.25) is 0 Å². The van der Waals surface area contributed by atoms with Gasteiger partial charge in [0.2, 0.25) is 10.0 Å². The highest BCUT2D eigenvalue weighted by molar-refractivity contribution is 7.92. The molecule has 0 radical (unpaired) electrons. The summed E-state index contributed by atoms with van der Waals surface area (Å²) in [6.07, 6.45) is -2.79. The molecule has 5 N–H and O–H groups in total. The Kier molecular flexibility index (Phi) is 8.04. The lowest BCUT2D eigenvalue weighted by Crippen LogP contribution is -2.15. The first-order valence-corrected chi connectivity index (χ1v) is 13.1. The van der Waals surface area contributed by atoms with E-state index in [2.05, 4.69) is 25.2 Å². The number of H-pyrrole nitrogens is 1. The zero-order valence-electron chi connectivity index (χ0n) is 20.4. The zero-order chi connectivity index (χ0) is 28.2. The van der Waals surface area contributed by atoms with Gasteiger partial charge in [0.05, 0.1) is 11.4 Å². The Balaban J connectivity index is 1.71. The van der Waals surface area contributed by atoms with Gasteiger partial charge in [-0.25, -0.2) is 26.6 Å². The third-order valence-electron chi connectivity index (χ3n) is 5.47. The number of primary amides is 1. The van der Waals surface area contributed by atoms with E-state index in [4.69, 9.17) is 10.5 Å². The number of amides is 1. The Morgan fingerprint density at radius 2 is 1.87 bits per heavy atom. The summed E-state index contributed by atoms with van der Waals surface area (Å²) in [7, 11) is -3.67. The quantitative estimate of drug-likeness (QED) is 0.207. The highest BCUT2D eigenvalue weighted by atomic mass is 32.2. The fraction of sp³-hybridized carbons (Fsp3) is 0.160. The van der Waals surface area contributed by atoms with E-state index < -0.39 is 33.9 Å². The molecule has 10 nitrogen and oxygen atoms in total. The number of aromatic nitrogens is 3. The molecule has 2 heterocycles. The fourth-order valence-corrected chi connectivity index (χ4v) is 4.15. The Hall–Kier alpha value is -4.59. The molecule has 4 rings (SSSR count). The van der Waals surface area contributed by atoms with Crippen LogP contribution < -0.4 is 20.5 Å². The lowest BCUT2D eigenvalue weighted by molar-refractivity contribution is 0.100. The Morgan fingerprint density at radius 3 is 2.54 bits per heavy atom. The molecule has 0 aliphatic rings. The van der Waals surface area contributed by atoms with Crippen molar-refractivity contribution in [3.8, 4) is 17.0 Å². The Bertz CT molecular complexity index is 1590. The average molecular weight is 561 g/mol.